The van der Waals surface area contributed by atoms with Gasteiger partial charge in [-0.1, -0.05) is 37.3 Å². The summed E-state index contributed by atoms with van der Waals surface area (Å²) >= 11 is 2.31. The van der Waals surface area contributed by atoms with Crippen LogP contribution in [0.3, 0.4) is 0 Å². The SMILES string of the molecule is CC1c2ccc(OC3CCCCO3)cc2OC(c2ccc(I)cc2)C1c1ccc(F)cc1. The Labute approximate surface area is 202 Å². The van der Waals surface area contributed by atoms with E-state index in [-0.39, 0.29) is 30.0 Å². The first-order chi connectivity index (χ1) is 15.6. The van der Waals surface area contributed by atoms with E-state index in [0.717, 1.165) is 54.1 Å². The van der Waals surface area contributed by atoms with Crippen LogP contribution >= 0.6 is 22.6 Å². The van der Waals surface area contributed by atoms with Crippen molar-refractivity contribution in [2.75, 3.05) is 6.61 Å². The van der Waals surface area contributed by atoms with Crippen LogP contribution in [0.2, 0.25) is 0 Å². The largest absolute Gasteiger partial charge is 0.485 e. The van der Waals surface area contributed by atoms with Crippen molar-refractivity contribution in [1.82, 2.24) is 0 Å². The van der Waals surface area contributed by atoms with E-state index in [2.05, 4.69) is 59.8 Å². The molecule has 32 heavy (non-hydrogen) atoms. The van der Waals surface area contributed by atoms with Crippen molar-refractivity contribution in [1.29, 1.82) is 0 Å². The molecule has 3 nitrogen and oxygen atoms in total. The Hall–Kier alpha value is -2.12. The van der Waals surface area contributed by atoms with E-state index in [4.69, 9.17) is 14.2 Å². The lowest BCUT2D eigenvalue weighted by molar-refractivity contribution is -0.106. The fourth-order valence-electron chi connectivity index (χ4n) is 4.76. The van der Waals surface area contributed by atoms with Crippen LogP contribution in [-0.4, -0.2) is 12.9 Å². The average Bonchev–Trinajstić information content (AvgIpc) is 2.81. The molecule has 0 bridgehead atoms. The second kappa shape index (κ2) is 9.40. The lowest BCUT2D eigenvalue weighted by Crippen LogP contribution is -2.28. The number of fused-ring (bicyclic) bond motifs is 1. The van der Waals surface area contributed by atoms with E-state index in [1.54, 1.807) is 0 Å². The maximum absolute atomic E-state index is 13.6. The van der Waals surface area contributed by atoms with Crippen LogP contribution in [0, 0.1) is 9.39 Å². The minimum absolute atomic E-state index is 0.0663. The predicted molar refractivity (Wildman–Crippen MR) is 131 cm³/mol. The summed E-state index contributed by atoms with van der Waals surface area (Å²) in [6.45, 7) is 2.97. The summed E-state index contributed by atoms with van der Waals surface area (Å²) in [6.07, 6.45) is 2.75. The molecule has 3 aromatic carbocycles. The Morgan fingerprint density at radius 3 is 2.41 bits per heavy atom. The van der Waals surface area contributed by atoms with Gasteiger partial charge in [-0.15, -0.1) is 0 Å². The maximum Gasteiger partial charge on any atom is 0.199 e. The third kappa shape index (κ3) is 4.50. The van der Waals surface area contributed by atoms with Gasteiger partial charge in [-0.2, -0.15) is 0 Å². The van der Waals surface area contributed by atoms with Crippen LogP contribution in [0.15, 0.2) is 66.7 Å². The number of halogens is 2. The fourth-order valence-corrected chi connectivity index (χ4v) is 5.12. The number of benzene rings is 3. The van der Waals surface area contributed by atoms with E-state index in [9.17, 15) is 4.39 Å². The highest BCUT2D eigenvalue weighted by molar-refractivity contribution is 14.1. The lowest BCUT2D eigenvalue weighted by atomic mass is 9.75. The average molecular weight is 544 g/mol. The Morgan fingerprint density at radius 1 is 0.938 bits per heavy atom. The molecule has 2 aliphatic heterocycles. The topological polar surface area (TPSA) is 27.7 Å². The molecule has 0 aromatic heterocycles. The molecule has 0 saturated carbocycles. The maximum atomic E-state index is 13.6. The summed E-state index contributed by atoms with van der Waals surface area (Å²) in [5, 5.41) is 0. The smallest absolute Gasteiger partial charge is 0.199 e. The van der Waals surface area contributed by atoms with E-state index in [1.165, 1.54) is 15.7 Å². The second-order valence-electron chi connectivity index (χ2n) is 8.57. The molecule has 5 rings (SSSR count). The van der Waals surface area contributed by atoms with Gasteiger partial charge in [0.1, 0.15) is 23.4 Å². The molecule has 2 aliphatic rings. The third-order valence-electron chi connectivity index (χ3n) is 6.45. The first-order valence-electron chi connectivity index (χ1n) is 11.2. The molecular formula is C27H26FIO3. The molecule has 0 spiro atoms. The standard InChI is InChI=1S/C27H26FIO3/c1-17-23-14-13-22(31-25-4-2-3-15-30-25)16-24(23)32-27(19-7-11-21(29)12-8-19)26(17)18-5-9-20(28)10-6-18/h5-14,16-17,25-27H,2-4,15H2,1H3. The van der Waals surface area contributed by atoms with E-state index < -0.39 is 0 Å². The van der Waals surface area contributed by atoms with Crippen LogP contribution in [-0.2, 0) is 4.74 Å². The molecule has 166 valence electrons. The highest BCUT2D eigenvalue weighted by atomic mass is 127. The van der Waals surface area contributed by atoms with Gasteiger partial charge in [0.05, 0.1) is 6.61 Å². The van der Waals surface area contributed by atoms with Gasteiger partial charge in [0.25, 0.3) is 0 Å². The van der Waals surface area contributed by atoms with Crippen LogP contribution in [0.25, 0.3) is 0 Å². The normalized spacial score (nSPS) is 25.0. The molecule has 0 aliphatic carbocycles. The molecule has 0 amide bonds. The van der Waals surface area contributed by atoms with E-state index in [0.29, 0.717) is 0 Å². The Bertz CT molecular complexity index is 1060. The summed E-state index contributed by atoms with van der Waals surface area (Å²) < 4.78 is 33.3. The van der Waals surface area contributed by atoms with Crippen molar-refractivity contribution < 1.29 is 18.6 Å². The molecule has 0 radical (unpaired) electrons. The van der Waals surface area contributed by atoms with Gasteiger partial charge >= 0.3 is 0 Å². The van der Waals surface area contributed by atoms with Gasteiger partial charge in [0.2, 0.25) is 0 Å². The summed E-state index contributed by atoms with van der Waals surface area (Å²) in [6, 6.07) is 21.3. The highest BCUT2D eigenvalue weighted by Gasteiger charge is 2.38. The predicted octanol–water partition coefficient (Wildman–Crippen LogP) is 7.36. The third-order valence-corrected chi connectivity index (χ3v) is 7.17. The van der Waals surface area contributed by atoms with E-state index >= 15 is 0 Å². The van der Waals surface area contributed by atoms with Gasteiger partial charge in [-0.05, 0) is 88.4 Å². The van der Waals surface area contributed by atoms with Crippen molar-refractivity contribution in [3.8, 4) is 11.5 Å². The summed E-state index contributed by atoms with van der Waals surface area (Å²) in [7, 11) is 0. The summed E-state index contributed by atoms with van der Waals surface area (Å²) in [5.74, 6) is 1.64. The van der Waals surface area contributed by atoms with Crippen molar-refractivity contribution in [3.63, 3.8) is 0 Å². The summed E-state index contributed by atoms with van der Waals surface area (Å²) in [4.78, 5) is 0. The van der Waals surface area contributed by atoms with Gasteiger partial charge < -0.3 is 14.2 Å². The van der Waals surface area contributed by atoms with Gasteiger partial charge in [0, 0.05) is 22.0 Å². The first-order valence-corrected chi connectivity index (χ1v) is 12.3. The molecule has 3 aromatic rings. The zero-order valence-corrected chi connectivity index (χ0v) is 20.1. The Kier molecular flexibility index (Phi) is 6.37. The molecule has 2 heterocycles. The van der Waals surface area contributed by atoms with Crippen LogP contribution in [0.5, 0.6) is 11.5 Å². The molecule has 5 heteroatoms. The zero-order chi connectivity index (χ0) is 22.1. The molecular weight excluding hydrogens is 518 g/mol. The fraction of sp³-hybridized carbons (Fsp3) is 0.333. The Balaban J connectivity index is 1.51. The van der Waals surface area contributed by atoms with Gasteiger partial charge in [0.15, 0.2) is 6.29 Å². The zero-order valence-electron chi connectivity index (χ0n) is 18.0. The molecule has 4 unspecified atom stereocenters. The van der Waals surface area contributed by atoms with Gasteiger partial charge in [-0.25, -0.2) is 4.39 Å². The second-order valence-corrected chi connectivity index (χ2v) is 9.82. The molecule has 4 atom stereocenters. The van der Waals surface area contributed by atoms with Crippen molar-refractivity contribution in [2.24, 2.45) is 0 Å². The lowest BCUT2D eigenvalue weighted by Gasteiger charge is -2.39. The Morgan fingerprint density at radius 2 is 1.69 bits per heavy atom. The van der Waals surface area contributed by atoms with Crippen molar-refractivity contribution in [3.05, 3.63) is 92.8 Å². The van der Waals surface area contributed by atoms with Crippen LogP contribution in [0.1, 0.15) is 60.8 Å². The van der Waals surface area contributed by atoms with Crippen molar-refractivity contribution in [2.45, 2.75) is 50.4 Å². The number of ether oxygens (including phenoxy) is 3. The number of hydrogen-bond acceptors (Lipinski definition) is 3. The van der Waals surface area contributed by atoms with E-state index in [1.807, 2.05) is 24.3 Å². The summed E-state index contributed by atoms with van der Waals surface area (Å²) in [5.41, 5.74) is 3.32. The number of rotatable bonds is 4. The van der Waals surface area contributed by atoms with Gasteiger partial charge in [-0.3, -0.25) is 0 Å². The highest BCUT2D eigenvalue weighted by Crippen LogP contribution is 2.51. The number of hydrogen-bond donors (Lipinski definition) is 0. The molecule has 1 fully saturated rings. The first kappa shape index (κ1) is 21.7. The van der Waals surface area contributed by atoms with Crippen molar-refractivity contribution >= 4 is 22.6 Å². The molecule has 1 saturated heterocycles. The van der Waals surface area contributed by atoms with Crippen LogP contribution in [0.4, 0.5) is 4.39 Å². The minimum Gasteiger partial charge on any atom is -0.485 e. The monoisotopic (exact) mass is 544 g/mol. The minimum atomic E-state index is -0.226. The molecule has 0 N–H and O–H groups in total. The quantitative estimate of drug-likeness (QED) is 0.322. The van der Waals surface area contributed by atoms with Crippen LogP contribution < -0.4 is 9.47 Å².